The van der Waals surface area contributed by atoms with E-state index >= 15 is 0 Å². The van der Waals surface area contributed by atoms with Gasteiger partial charge in [0.05, 0.1) is 17.9 Å². The molecule has 0 heterocycles. The summed E-state index contributed by atoms with van der Waals surface area (Å²) in [5, 5.41) is 12.1. The molecule has 0 spiro atoms. The van der Waals surface area contributed by atoms with Crippen molar-refractivity contribution in [3.63, 3.8) is 0 Å². The summed E-state index contributed by atoms with van der Waals surface area (Å²) in [5.41, 5.74) is -0.307. The van der Waals surface area contributed by atoms with E-state index < -0.39 is 23.8 Å². The van der Waals surface area contributed by atoms with Crippen LogP contribution in [-0.4, -0.2) is 28.9 Å². The Kier molecular flexibility index (Phi) is 5.59. The molecule has 0 bridgehead atoms. The Morgan fingerprint density at radius 1 is 1.28 bits per heavy atom. The number of nitrogens with one attached hydrogen (secondary N) is 1. The van der Waals surface area contributed by atoms with Crippen molar-refractivity contribution in [1.29, 1.82) is 0 Å². The molecule has 0 aliphatic heterocycles. The highest BCUT2D eigenvalue weighted by Crippen LogP contribution is 2.34. The number of aliphatic carboxylic acids is 1. The minimum atomic E-state index is -4.76. The third-order valence-electron chi connectivity index (χ3n) is 4.45. The van der Waals surface area contributed by atoms with Crippen molar-refractivity contribution in [2.45, 2.75) is 50.9 Å². The highest BCUT2D eigenvalue weighted by Gasteiger charge is 2.42. The molecule has 1 amide bonds. The minimum absolute atomic E-state index is 0.0474. The molecule has 1 fully saturated rings. The van der Waals surface area contributed by atoms with Crippen LogP contribution < -0.4 is 10.1 Å². The molecule has 1 aliphatic rings. The standard InChI is InChI=1S/C17H20F3NO4/c1-16(9-3-2-4-13(16)15(23)24)21-14(22)10-11-5-7-12(8-6-11)25-17(18,19)20/h5-8,13H,2-4,9-10H2,1H3,(H,21,22)(H,23,24). The van der Waals surface area contributed by atoms with Crippen molar-refractivity contribution in [2.75, 3.05) is 0 Å². The van der Waals surface area contributed by atoms with Crippen LogP contribution in [0.3, 0.4) is 0 Å². The van der Waals surface area contributed by atoms with E-state index in [-0.39, 0.29) is 18.1 Å². The monoisotopic (exact) mass is 359 g/mol. The van der Waals surface area contributed by atoms with Gasteiger partial charge < -0.3 is 15.2 Å². The number of halogens is 3. The van der Waals surface area contributed by atoms with Crippen molar-refractivity contribution in [3.8, 4) is 5.75 Å². The molecule has 0 radical (unpaired) electrons. The lowest BCUT2D eigenvalue weighted by Gasteiger charge is -2.39. The number of carboxylic acid groups (broad SMARTS) is 1. The molecular weight excluding hydrogens is 339 g/mol. The number of hydrogen-bond donors (Lipinski definition) is 2. The first-order chi connectivity index (χ1) is 11.6. The fourth-order valence-electron chi connectivity index (χ4n) is 3.24. The first-order valence-corrected chi connectivity index (χ1v) is 7.97. The molecule has 138 valence electrons. The van der Waals surface area contributed by atoms with Gasteiger partial charge in [0.1, 0.15) is 5.75 Å². The maximum atomic E-state index is 12.3. The van der Waals surface area contributed by atoms with Gasteiger partial charge in [0.15, 0.2) is 0 Å². The van der Waals surface area contributed by atoms with E-state index in [4.69, 9.17) is 0 Å². The maximum Gasteiger partial charge on any atom is 0.573 e. The van der Waals surface area contributed by atoms with Gasteiger partial charge in [-0.1, -0.05) is 25.0 Å². The lowest BCUT2D eigenvalue weighted by molar-refractivity contribution is -0.274. The van der Waals surface area contributed by atoms with Gasteiger partial charge in [0.2, 0.25) is 5.91 Å². The molecule has 1 aromatic carbocycles. The second-order valence-electron chi connectivity index (χ2n) is 6.47. The second kappa shape index (κ2) is 7.33. The van der Waals surface area contributed by atoms with Gasteiger partial charge in [0.25, 0.3) is 0 Å². The summed E-state index contributed by atoms with van der Waals surface area (Å²) < 4.78 is 40.1. The molecule has 2 rings (SSSR count). The van der Waals surface area contributed by atoms with Crippen LogP contribution in [0.25, 0.3) is 0 Å². The number of hydrogen-bond acceptors (Lipinski definition) is 3. The van der Waals surface area contributed by atoms with E-state index in [1.54, 1.807) is 6.92 Å². The Hall–Kier alpha value is -2.25. The zero-order valence-corrected chi connectivity index (χ0v) is 13.7. The fourth-order valence-corrected chi connectivity index (χ4v) is 3.24. The quantitative estimate of drug-likeness (QED) is 0.846. The van der Waals surface area contributed by atoms with Crippen LogP contribution in [0.4, 0.5) is 13.2 Å². The van der Waals surface area contributed by atoms with Crippen LogP contribution in [0.5, 0.6) is 5.75 Å². The van der Waals surface area contributed by atoms with Gasteiger partial charge in [-0.15, -0.1) is 13.2 Å². The maximum absolute atomic E-state index is 12.3. The molecule has 2 unspecified atom stereocenters. The van der Waals surface area contributed by atoms with Crippen molar-refractivity contribution in [2.24, 2.45) is 5.92 Å². The van der Waals surface area contributed by atoms with Crippen LogP contribution in [0.15, 0.2) is 24.3 Å². The van der Waals surface area contributed by atoms with Crippen molar-refractivity contribution in [3.05, 3.63) is 29.8 Å². The Morgan fingerprint density at radius 3 is 2.48 bits per heavy atom. The third-order valence-corrected chi connectivity index (χ3v) is 4.45. The SMILES string of the molecule is CC1(NC(=O)Cc2ccc(OC(F)(F)F)cc2)CCCCC1C(=O)O. The van der Waals surface area contributed by atoms with Crippen LogP contribution in [0.2, 0.25) is 0 Å². The Morgan fingerprint density at radius 2 is 1.92 bits per heavy atom. The summed E-state index contributed by atoms with van der Waals surface area (Å²) in [6.07, 6.45) is -2.08. The first-order valence-electron chi connectivity index (χ1n) is 7.97. The average Bonchev–Trinajstić information content (AvgIpc) is 2.47. The van der Waals surface area contributed by atoms with E-state index in [9.17, 15) is 27.9 Å². The number of alkyl halides is 3. The van der Waals surface area contributed by atoms with E-state index in [2.05, 4.69) is 10.1 Å². The summed E-state index contributed by atoms with van der Waals surface area (Å²) in [5.74, 6) is -2.30. The highest BCUT2D eigenvalue weighted by molar-refractivity contribution is 5.81. The molecule has 5 nitrogen and oxygen atoms in total. The van der Waals surface area contributed by atoms with Gasteiger partial charge in [-0.05, 0) is 37.5 Å². The van der Waals surface area contributed by atoms with E-state index in [1.807, 2.05) is 0 Å². The van der Waals surface area contributed by atoms with Gasteiger partial charge in [-0.2, -0.15) is 0 Å². The van der Waals surface area contributed by atoms with E-state index in [0.29, 0.717) is 18.4 Å². The van der Waals surface area contributed by atoms with Crippen molar-refractivity contribution < 1.29 is 32.6 Å². The molecule has 2 atom stereocenters. The van der Waals surface area contributed by atoms with Gasteiger partial charge in [-0.3, -0.25) is 9.59 Å². The number of rotatable bonds is 5. The summed E-state index contributed by atoms with van der Waals surface area (Å²) in [4.78, 5) is 23.7. The topological polar surface area (TPSA) is 75.6 Å². The van der Waals surface area contributed by atoms with Gasteiger partial charge >= 0.3 is 12.3 Å². The number of carbonyl (C=O) groups excluding carboxylic acids is 1. The minimum Gasteiger partial charge on any atom is -0.481 e. The van der Waals surface area contributed by atoms with Crippen LogP contribution in [0, 0.1) is 5.92 Å². The molecule has 2 N–H and O–H groups in total. The number of amides is 1. The number of ether oxygens (including phenoxy) is 1. The smallest absolute Gasteiger partial charge is 0.481 e. The van der Waals surface area contributed by atoms with Gasteiger partial charge in [-0.25, -0.2) is 0 Å². The van der Waals surface area contributed by atoms with E-state index in [1.165, 1.54) is 12.1 Å². The summed E-state index contributed by atoms with van der Waals surface area (Å²) in [6, 6.07) is 5.02. The summed E-state index contributed by atoms with van der Waals surface area (Å²) in [7, 11) is 0. The Bertz CT molecular complexity index is 630. The predicted molar refractivity (Wildman–Crippen MR) is 83.0 cm³/mol. The fraction of sp³-hybridized carbons (Fsp3) is 0.529. The zero-order valence-electron chi connectivity index (χ0n) is 13.7. The number of benzene rings is 1. The Balaban J connectivity index is 1.98. The molecule has 0 aromatic heterocycles. The molecule has 25 heavy (non-hydrogen) atoms. The summed E-state index contributed by atoms with van der Waals surface area (Å²) >= 11 is 0. The average molecular weight is 359 g/mol. The lowest BCUT2D eigenvalue weighted by Crippen LogP contribution is -2.55. The number of carbonyl (C=O) groups is 2. The molecule has 8 heteroatoms. The van der Waals surface area contributed by atoms with Crippen molar-refractivity contribution in [1.82, 2.24) is 5.32 Å². The largest absolute Gasteiger partial charge is 0.573 e. The highest BCUT2D eigenvalue weighted by atomic mass is 19.4. The number of carboxylic acids is 1. The Labute approximate surface area is 143 Å². The normalized spacial score (nSPS) is 23.8. The van der Waals surface area contributed by atoms with Crippen molar-refractivity contribution >= 4 is 11.9 Å². The van der Waals surface area contributed by atoms with E-state index in [0.717, 1.165) is 25.0 Å². The molecule has 1 saturated carbocycles. The molecular formula is C17H20F3NO4. The van der Waals surface area contributed by atoms with Crippen LogP contribution in [-0.2, 0) is 16.0 Å². The molecule has 1 aliphatic carbocycles. The summed E-state index contributed by atoms with van der Waals surface area (Å²) in [6.45, 7) is 1.73. The van der Waals surface area contributed by atoms with Crippen LogP contribution in [0.1, 0.15) is 38.2 Å². The second-order valence-corrected chi connectivity index (χ2v) is 6.47. The first kappa shape index (κ1) is 19.1. The molecule has 0 saturated heterocycles. The van der Waals surface area contributed by atoms with Crippen LogP contribution >= 0.6 is 0 Å². The predicted octanol–water partition coefficient (Wildman–Crippen LogP) is 3.28. The molecule has 1 aromatic rings. The lowest BCUT2D eigenvalue weighted by atomic mass is 9.74. The van der Waals surface area contributed by atoms with Gasteiger partial charge in [0, 0.05) is 0 Å². The zero-order chi connectivity index (χ0) is 18.7. The third kappa shape index (κ3) is 5.37.